The van der Waals surface area contributed by atoms with E-state index in [1.54, 1.807) is 0 Å². The Morgan fingerprint density at radius 1 is 1.25 bits per heavy atom. The van der Waals surface area contributed by atoms with Crippen LogP contribution in [0, 0.1) is 5.41 Å². The summed E-state index contributed by atoms with van der Waals surface area (Å²) >= 11 is 0. The Morgan fingerprint density at radius 2 is 2.06 bits per heavy atom. The molecule has 0 bridgehead atoms. The molecule has 2 N–H and O–H groups in total. The summed E-state index contributed by atoms with van der Waals surface area (Å²) in [6.07, 6.45) is 10.5. The van der Waals surface area contributed by atoms with E-state index < -0.39 is 0 Å². The molecule has 16 heavy (non-hydrogen) atoms. The van der Waals surface area contributed by atoms with Crippen molar-refractivity contribution in [2.45, 2.75) is 76.9 Å². The van der Waals surface area contributed by atoms with Gasteiger partial charge in [0.05, 0.1) is 6.10 Å². The van der Waals surface area contributed by atoms with E-state index in [9.17, 15) is 0 Å². The minimum Gasteiger partial charge on any atom is -0.378 e. The van der Waals surface area contributed by atoms with Gasteiger partial charge in [-0.3, -0.25) is 0 Å². The monoisotopic (exact) mass is 225 g/mol. The molecule has 1 aliphatic carbocycles. The van der Waals surface area contributed by atoms with E-state index in [1.807, 2.05) is 0 Å². The Balaban J connectivity index is 1.76. The van der Waals surface area contributed by atoms with Gasteiger partial charge in [-0.1, -0.05) is 20.3 Å². The Kier molecular flexibility index (Phi) is 3.60. The molecule has 1 aliphatic heterocycles. The van der Waals surface area contributed by atoms with Crippen LogP contribution in [-0.4, -0.2) is 18.2 Å². The van der Waals surface area contributed by atoms with Gasteiger partial charge in [-0.05, 0) is 50.4 Å². The van der Waals surface area contributed by atoms with Crippen molar-refractivity contribution in [3.63, 3.8) is 0 Å². The molecule has 1 heterocycles. The molecule has 0 spiro atoms. The lowest BCUT2D eigenvalue weighted by molar-refractivity contribution is 0.0961. The summed E-state index contributed by atoms with van der Waals surface area (Å²) in [5.74, 6) is 0. The fourth-order valence-electron chi connectivity index (χ4n) is 3.41. The average molecular weight is 225 g/mol. The van der Waals surface area contributed by atoms with Gasteiger partial charge in [-0.15, -0.1) is 0 Å². The van der Waals surface area contributed by atoms with E-state index in [0.29, 0.717) is 11.5 Å². The van der Waals surface area contributed by atoms with Gasteiger partial charge in [0, 0.05) is 12.1 Å². The molecular weight excluding hydrogens is 198 g/mol. The van der Waals surface area contributed by atoms with Crippen molar-refractivity contribution in [3.8, 4) is 0 Å². The molecule has 2 unspecified atom stereocenters. The molecule has 0 aromatic heterocycles. The van der Waals surface area contributed by atoms with E-state index in [1.165, 1.54) is 51.4 Å². The standard InChI is InChI=1S/C14H27NO/c1-13(2)8-5-10-14(13,15)9-3-6-12-7-4-11-16-12/h12H,3-11,15H2,1-2H3. The molecule has 2 rings (SSSR count). The summed E-state index contributed by atoms with van der Waals surface area (Å²) in [6.45, 7) is 5.65. The van der Waals surface area contributed by atoms with Crippen molar-refractivity contribution in [1.82, 2.24) is 0 Å². The van der Waals surface area contributed by atoms with E-state index in [0.717, 1.165) is 6.61 Å². The molecule has 0 aromatic rings. The van der Waals surface area contributed by atoms with Crippen LogP contribution in [0.2, 0.25) is 0 Å². The lowest BCUT2D eigenvalue weighted by Gasteiger charge is -2.38. The highest BCUT2D eigenvalue weighted by atomic mass is 16.5. The van der Waals surface area contributed by atoms with E-state index in [-0.39, 0.29) is 5.54 Å². The number of hydrogen-bond acceptors (Lipinski definition) is 2. The quantitative estimate of drug-likeness (QED) is 0.797. The van der Waals surface area contributed by atoms with Gasteiger partial charge in [0.15, 0.2) is 0 Å². The van der Waals surface area contributed by atoms with Crippen LogP contribution in [0.25, 0.3) is 0 Å². The summed E-state index contributed by atoms with van der Waals surface area (Å²) in [4.78, 5) is 0. The van der Waals surface area contributed by atoms with E-state index in [4.69, 9.17) is 10.5 Å². The maximum absolute atomic E-state index is 6.58. The molecule has 0 aromatic carbocycles. The van der Waals surface area contributed by atoms with Gasteiger partial charge in [0.25, 0.3) is 0 Å². The first-order chi connectivity index (χ1) is 7.54. The summed E-state index contributed by atoms with van der Waals surface area (Å²) in [5.41, 5.74) is 7.01. The van der Waals surface area contributed by atoms with Crippen molar-refractivity contribution in [2.24, 2.45) is 11.1 Å². The molecule has 2 fully saturated rings. The van der Waals surface area contributed by atoms with E-state index >= 15 is 0 Å². The van der Waals surface area contributed by atoms with Crippen LogP contribution in [0.5, 0.6) is 0 Å². The molecule has 2 atom stereocenters. The van der Waals surface area contributed by atoms with E-state index in [2.05, 4.69) is 13.8 Å². The molecule has 0 radical (unpaired) electrons. The predicted octanol–water partition coefficient (Wildman–Crippen LogP) is 3.24. The molecule has 1 saturated carbocycles. The molecule has 94 valence electrons. The highest BCUT2D eigenvalue weighted by Gasteiger charge is 2.44. The van der Waals surface area contributed by atoms with Crippen LogP contribution in [0.4, 0.5) is 0 Å². The third-order valence-electron chi connectivity index (χ3n) is 4.95. The minimum absolute atomic E-state index is 0.0889. The highest BCUT2D eigenvalue weighted by Crippen LogP contribution is 2.46. The lowest BCUT2D eigenvalue weighted by Crippen LogP contribution is -2.48. The van der Waals surface area contributed by atoms with Gasteiger partial charge < -0.3 is 10.5 Å². The minimum atomic E-state index is 0.0889. The number of nitrogens with two attached hydrogens (primary N) is 1. The van der Waals surface area contributed by atoms with Crippen LogP contribution in [-0.2, 0) is 4.74 Å². The first-order valence-electron chi connectivity index (χ1n) is 6.94. The molecule has 1 saturated heterocycles. The Morgan fingerprint density at radius 3 is 2.62 bits per heavy atom. The van der Waals surface area contributed by atoms with Crippen molar-refractivity contribution in [1.29, 1.82) is 0 Å². The van der Waals surface area contributed by atoms with Gasteiger partial charge in [0.1, 0.15) is 0 Å². The highest BCUT2D eigenvalue weighted by molar-refractivity contribution is 5.02. The van der Waals surface area contributed by atoms with Crippen molar-refractivity contribution < 1.29 is 4.74 Å². The fraction of sp³-hybridized carbons (Fsp3) is 1.00. The van der Waals surface area contributed by atoms with Crippen LogP contribution in [0.1, 0.15) is 65.2 Å². The average Bonchev–Trinajstić information content (AvgIpc) is 2.77. The van der Waals surface area contributed by atoms with Gasteiger partial charge in [0.2, 0.25) is 0 Å². The van der Waals surface area contributed by atoms with Gasteiger partial charge in [-0.25, -0.2) is 0 Å². The van der Waals surface area contributed by atoms with Gasteiger partial charge in [-0.2, -0.15) is 0 Å². The SMILES string of the molecule is CC1(C)CCCC1(N)CCCC1CCCO1. The summed E-state index contributed by atoms with van der Waals surface area (Å²) < 4.78 is 5.66. The van der Waals surface area contributed by atoms with Gasteiger partial charge >= 0.3 is 0 Å². The molecule has 2 heteroatoms. The Bertz CT molecular complexity index is 233. The molecular formula is C14H27NO. The fourth-order valence-corrected chi connectivity index (χ4v) is 3.41. The Hall–Kier alpha value is -0.0800. The zero-order chi connectivity index (χ0) is 11.6. The Labute approximate surface area is 99.9 Å². The number of rotatable bonds is 4. The predicted molar refractivity (Wildman–Crippen MR) is 67.4 cm³/mol. The van der Waals surface area contributed by atoms with Crippen molar-refractivity contribution >= 4 is 0 Å². The normalized spacial score (nSPS) is 38.1. The van der Waals surface area contributed by atoms with Crippen molar-refractivity contribution in [2.75, 3.05) is 6.61 Å². The first-order valence-corrected chi connectivity index (χ1v) is 6.94. The second-order valence-electron chi connectivity index (χ2n) is 6.42. The summed E-state index contributed by atoms with van der Waals surface area (Å²) in [6, 6.07) is 0. The maximum atomic E-state index is 6.58. The van der Waals surface area contributed by atoms with Crippen LogP contribution < -0.4 is 5.73 Å². The third kappa shape index (κ3) is 2.43. The first kappa shape index (κ1) is 12.4. The number of ether oxygens (including phenoxy) is 1. The zero-order valence-corrected chi connectivity index (χ0v) is 10.9. The summed E-state index contributed by atoms with van der Waals surface area (Å²) in [7, 11) is 0. The van der Waals surface area contributed by atoms with Crippen LogP contribution >= 0.6 is 0 Å². The molecule has 2 aliphatic rings. The summed E-state index contributed by atoms with van der Waals surface area (Å²) in [5, 5.41) is 0. The molecule has 0 amide bonds. The number of hydrogen-bond donors (Lipinski definition) is 1. The largest absolute Gasteiger partial charge is 0.378 e. The second kappa shape index (κ2) is 4.66. The third-order valence-corrected chi connectivity index (χ3v) is 4.95. The second-order valence-corrected chi connectivity index (χ2v) is 6.42. The van der Waals surface area contributed by atoms with Crippen molar-refractivity contribution in [3.05, 3.63) is 0 Å². The molecule has 2 nitrogen and oxygen atoms in total. The lowest BCUT2D eigenvalue weighted by atomic mass is 9.73. The van der Waals surface area contributed by atoms with Crippen LogP contribution in [0.3, 0.4) is 0 Å². The van der Waals surface area contributed by atoms with Crippen LogP contribution in [0.15, 0.2) is 0 Å². The smallest absolute Gasteiger partial charge is 0.0576 e. The zero-order valence-electron chi connectivity index (χ0n) is 10.9. The topological polar surface area (TPSA) is 35.2 Å². The maximum Gasteiger partial charge on any atom is 0.0576 e.